The Balaban J connectivity index is 2.46. The van der Waals surface area contributed by atoms with Crippen molar-refractivity contribution in [3.05, 3.63) is 0 Å². The van der Waals surface area contributed by atoms with Gasteiger partial charge in [-0.3, -0.25) is 14.4 Å². The minimum atomic E-state index is -0.913. The number of ether oxygens (including phenoxy) is 1. The molecule has 0 aromatic carbocycles. The van der Waals surface area contributed by atoms with Crippen LogP contribution >= 0.6 is 0 Å². The van der Waals surface area contributed by atoms with E-state index in [9.17, 15) is 14.4 Å². The van der Waals surface area contributed by atoms with E-state index < -0.39 is 23.6 Å². The fourth-order valence-electron chi connectivity index (χ4n) is 2.04. The number of nitrogens with zero attached hydrogens (tertiary/aromatic N) is 1. The smallest absolute Gasteiger partial charge is 0.318 e. The van der Waals surface area contributed by atoms with Crippen molar-refractivity contribution in [3.8, 4) is 0 Å². The molecule has 0 aromatic rings. The lowest BCUT2D eigenvalue weighted by Crippen LogP contribution is -2.28. The summed E-state index contributed by atoms with van der Waals surface area (Å²) >= 11 is 0. The van der Waals surface area contributed by atoms with Crippen LogP contribution in [0.3, 0.4) is 0 Å². The first-order valence-corrected chi connectivity index (χ1v) is 6.61. The van der Waals surface area contributed by atoms with Gasteiger partial charge in [0.05, 0.1) is 6.61 Å². The molecule has 5 nitrogen and oxygen atoms in total. The van der Waals surface area contributed by atoms with Crippen molar-refractivity contribution in [1.29, 1.82) is 0 Å². The maximum absolute atomic E-state index is 11.7. The molecule has 1 atom stereocenters. The SMILES string of the molecule is CCCCCCN1C[C@@H](C(=O)OCC)C(=O)C1=O. The van der Waals surface area contributed by atoms with Crippen LogP contribution in [-0.4, -0.2) is 42.3 Å². The molecule has 0 aromatic heterocycles. The van der Waals surface area contributed by atoms with Crippen LogP contribution in [0, 0.1) is 5.92 Å². The number of carbonyl (C=O) groups is 3. The van der Waals surface area contributed by atoms with Gasteiger partial charge in [0.1, 0.15) is 5.92 Å². The molecule has 1 aliphatic rings. The highest BCUT2D eigenvalue weighted by molar-refractivity contribution is 6.42. The molecular weight excluding hydrogens is 234 g/mol. The first-order valence-electron chi connectivity index (χ1n) is 6.61. The van der Waals surface area contributed by atoms with Crippen LogP contribution in [-0.2, 0) is 19.1 Å². The fraction of sp³-hybridized carbons (Fsp3) is 0.769. The second-order valence-corrected chi connectivity index (χ2v) is 4.48. The Hall–Kier alpha value is -1.39. The zero-order chi connectivity index (χ0) is 13.5. The summed E-state index contributed by atoms with van der Waals surface area (Å²) in [5.74, 6) is -2.65. The summed E-state index contributed by atoms with van der Waals surface area (Å²) in [4.78, 5) is 36.3. The van der Waals surface area contributed by atoms with Crippen molar-refractivity contribution in [2.24, 2.45) is 5.92 Å². The van der Waals surface area contributed by atoms with Gasteiger partial charge in [-0.25, -0.2) is 0 Å². The number of amides is 1. The molecule has 1 amide bonds. The van der Waals surface area contributed by atoms with Gasteiger partial charge in [-0.15, -0.1) is 0 Å². The summed E-state index contributed by atoms with van der Waals surface area (Å²) in [6.07, 6.45) is 4.16. The molecule has 0 bridgehead atoms. The van der Waals surface area contributed by atoms with E-state index in [2.05, 4.69) is 6.92 Å². The third kappa shape index (κ3) is 3.55. The second-order valence-electron chi connectivity index (χ2n) is 4.48. The lowest BCUT2D eigenvalue weighted by molar-refractivity contribution is -0.151. The maximum Gasteiger partial charge on any atom is 0.318 e. The van der Waals surface area contributed by atoms with Crippen molar-refractivity contribution in [1.82, 2.24) is 4.90 Å². The highest BCUT2D eigenvalue weighted by atomic mass is 16.5. The Morgan fingerprint density at radius 2 is 2.00 bits per heavy atom. The van der Waals surface area contributed by atoms with Crippen molar-refractivity contribution < 1.29 is 19.1 Å². The third-order valence-electron chi connectivity index (χ3n) is 3.07. The predicted molar refractivity (Wildman–Crippen MR) is 65.9 cm³/mol. The van der Waals surface area contributed by atoms with Crippen LogP contribution in [0.2, 0.25) is 0 Å². The molecule has 0 unspecified atom stereocenters. The van der Waals surface area contributed by atoms with Crippen LogP contribution in [0.4, 0.5) is 0 Å². The van der Waals surface area contributed by atoms with E-state index in [4.69, 9.17) is 4.74 Å². The zero-order valence-corrected chi connectivity index (χ0v) is 11.1. The Labute approximate surface area is 107 Å². The number of likely N-dealkylation sites (tertiary alicyclic amines) is 1. The maximum atomic E-state index is 11.7. The lowest BCUT2D eigenvalue weighted by atomic mass is 10.1. The summed E-state index contributed by atoms with van der Waals surface area (Å²) in [6.45, 7) is 4.76. The van der Waals surface area contributed by atoms with Gasteiger partial charge in [-0.2, -0.15) is 0 Å². The first kappa shape index (κ1) is 14.7. The summed E-state index contributed by atoms with van der Waals surface area (Å²) in [6, 6.07) is 0. The second kappa shape index (κ2) is 7.13. The standard InChI is InChI=1S/C13H21NO4/c1-3-5-6-7-8-14-9-10(11(15)12(14)16)13(17)18-4-2/h10H,3-9H2,1-2H3/t10-/m1/s1. The number of hydrogen-bond donors (Lipinski definition) is 0. The molecule has 1 fully saturated rings. The van der Waals surface area contributed by atoms with Gasteiger partial charge in [0, 0.05) is 13.1 Å². The number of carbonyl (C=O) groups excluding carboxylic acids is 3. The molecule has 1 saturated heterocycles. The summed E-state index contributed by atoms with van der Waals surface area (Å²) in [5.41, 5.74) is 0. The van der Waals surface area contributed by atoms with Gasteiger partial charge in [0.2, 0.25) is 5.78 Å². The van der Waals surface area contributed by atoms with E-state index in [-0.39, 0.29) is 13.2 Å². The number of hydrogen-bond acceptors (Lipinski definition) is 4. The topological polar surface area (TPSA) is 63.7 Å². The number of unbranched alkanes of at least 4 members (excludes halogenated alkanes) is 3. The first-order chi connectivity index (χ1) is 8.61. The molecule has 0 spiro atoms. The highest BCUT2D eigenvalue weighted by Crippen LogP contribution is 2.17. The Bertz CT molecular complexity index is 327. The van der Waals surface area contributed by atoms with Crippen molar-refractivity contribution >= 4 is 17.7 Å². The zero-order valence-electron chi connectivity index (χ0n) is 11.1. The summed E-state index contributed by atoms with van der Waals surface area (Å²) < 4.78 is 4.80. The molecule has 1 rings (SSSR count). The number of ketones is 1. The normalized spacial score (nSPS) is 19.4. The lowest BCUT2D eigenvalue weighted by Gasteiger charge is -2.14. The van der Waals surface area contributed by atoms with E-state index in [0.29, 0.717) is 6.54 Å². The molecule has 1 heterocycles. The van der Waals surface area contributed by atoms with Gasteiger partial charge in [-0.05, 0) is 13.3 Å². The quantitative estimate of drug-likeness (QED) is 0.296. The van der Waals surface area contributed by atoms with Gasteiger partial charge in [0.25, 0.3) is 5.91 Å². The minimum absolute atomic E-state index is 0.183. The number of esters is 1. The monoisotopic (exact) mass is 255 g/mol. The summed E-state index contributed by atoms with van der Waals surface area (Å²) in [5, 5.41) is 0. The largest absolute Gasteiger partial charge is 0.465 e. The van der Waals surface area contributed by atoms with E-state index >= 15 is 0 Å². The molecule has 0 radical (unpaired) electrons. The van der Waals surface area contributed by atoms with Crippen LogP contribution in [0.5, 0.6) is 0 Å². The molecule has 0 saturated carbocycles. The molecule has 1 aliphatic heterocycles. The Morgan fingerprint density at radius 1 is 1.28 bits per heavy atom. The summed E-state index contributed by atoms with van der Waals surface area (Å²) in [7, 11) is 0. The van der Waals surface area contributed by atoms with Gasteiger partial charge in [-0.1, -0.05) is 26.2 Å². The third-order valence-corrected chi connectivity index (χ3v) is 3.07. The van der Waals surface area contributed by atoms with Crippen LogP contribution in [0.15, 0.2) is 0 Å². The van der Waals surface area contributed by atoms with E-state index in [1.807, 2.05) is 0 Å². The minimum Gasteiger partial charge on any atom is -0.465 e. The molecule has 5 heteroatoms. The van der Waals surface area contributed by atoms with Crippen LogP contribution < -0.4 is 0 Å². The molecule has 0 aliphatic carbocycles. The van der Waals surface area contributed by atoms with Gasteiger partial charge >= 0.3 is 5.97 Å². The fourth-order valence-corrected chi connectivity index (χ4v) is 2.04. The van der Waals surface area contributed by atoms with Gasteiger partial charge in [0.15, 0.2) is 0 Å². The average Bonchev–Trinajstić information content (AvgIpc) is 2.63. The average molecular weight is 255 g/mol. The predicted octanol–water partition coefficient (Wildman–Crippen LogP) is 1.16. The molecular formula is C13H21NO4. The molecule has 18 heavy (non-hydrogen) atoms. The number of Topliss-reactive ketones (excluding diaryl/α,β-unsaturated/α-hetero) is 1. The van der Waals surface area contributed by atoms with E-state index in [1.165, 1.54) is 4.90 Å². The Kier molecular flexibility index (Phi) is 5.82. The molecule has 102 valence electrons. The van der Waals surface area contributed by atoms with Crippen molar-refractivity contribution in [3.63, 3.8) is 0 Å². The van der Waals surface area contributed by atoms with Crippen LogP contribution in [0.1, 0.15) is 39.5 Å². The van der Waals surface area contributed by atoms with Crippen molar-refractivity contribution in [2.45, 2.75) is 39.5 Å². The van der Waals surface area contributed by atoms with Crippen molar-refractivity contribution in [2.75, 3.05) is 19.7 Å². The van der Waals surface area contributed by atoms with E-state index in [0.717, 1.165) is 25.7 Å². The Morgan fingerprint density at radius 3 is 2.61 bits per heavy atom. The van der Waals surface area contributed by atoms with Gasteiger partial charge < -0.3 is 9.64 Å². The van der Waals surface area contributed by atoms with E-state index in [1.54, 1.807) is 6.92 Å². The molecule has 0 N–H and O–H groups in total. The highest BCUT2D eigenvalue weighted by Gasteiger charge is 2.43. The number of rotatable bonds is 7. The van der Waals surface area contributed by atoms with Crippen LogP contribution in [0.25, 0.3) is 0 Å².